The number of halogens is 3. The molecular formula is C12H23F3N2. The van der Waals surface area contributed by atoms with E-state index >= 15 is 0 Å². The number of rotatable bonds is 5. The van der Waals surface area contributed by atoms with Gasteiger partial charge in [-0.25, -0.2) is 0 Å². The van der Waals surface area contributed by atoms with Crippen molar-refractivity contribution in [3.05, 3.63) is 0 Å². The van der Waals surface area contributed by atoms with Gasteiger partial charge in [0.05, 0.1) is 6.42 Å². The summed E-state index contributed by atoms with van der Waals surface area (Å²) >= 11 is 0. The topological polar surface area (TPSA) is 15.3 Å². The molecule has 0 aliphatic carbocycles. The first-order chi connectivity index (χ1) is 7.90. The van der Waals surface area contributed by atoms with Gasteiger partial charge in [-0.2, -0.15) is 13.2 Å². The van der Waals surface area contributed by atoms with E-state index in [4.69, 9.17) is 0 Å². The predicted molar refractivity (Wildman–Crippen MR) is 63.0 cm³/mol. The van der Waals surface area contributed by atoms with Gasteiger partial charge in [0.15, 0.2) is 0 Å². The molecule has 1 fully saturated rings. The van der Waals surface area contributed by atoms with Gasteiger partial charge in [0.2, 0.25) is 0 Å². The summed E-state index contributed by atoms with van der Waals surface area (Å²) in [6.07, 6.45) is -1.30. The molecule has 2 atom stereocenters. The van der Waals surface area contributed by atoms with E-state index in [1.807, 2.05) is 0 Å². The molecule has 1 heterocycles. The van der Waals surface area contributed by atoms with Gasteiger partial charge in [0.1, 0.15) is 0 Å². The standard InChI is InChI=1S/C12H23F3N2/c1-3-10-4-6-16-11(8-10)9-17(2)7-5-12(13,14)15/h10-11,16H,3-9H2,1-2H3. The van der Waals surface area contributed by atoms with Crippen LogP contribution in [0.2, 0.25) is 0 Å². The maximum atomic E-state index is 12.1. The number of nitrogens with one attached hydrogen (secondary N) is 1. The van der Waals surface area contributed by atoms with E-state index in [1.54, 1.807) is 11.9 Å². The number of hydrogen-bond acceptors (Lipinski definition) is 2. The Bertz CT molecular complexity index is 218. The van der Waals surface area contributed by atoms with E-state index in [0.29, 0.717) is 12.6 Å². The molecule has 2 unspecified atom stereocenters. The molecular weight excluding hydrogens is 229 g/mol. The first-order valence-electron chi connectivity index (χ1n) is 6.39. The lowest BCUT2D eigenvalue weighted by Gasteiger charge is -2.32. The van der Waals surface area contributed by atoms with Crippen molar-refractivity contribution in [1.29, 1.82) is 0 Å². The molecule has 0 spiro atoms. The Morgan fingerprint density at radius 2 is 2.06 bits per heavy atom. The van der Waals surface area contributed by atoms with Crippen LogP contribution in [0.25, 0.3) is 0 Å². The Morgan fingerprint density at radius 3 is 2.65 bits per heavy atom. The maximum Gasteiger partial charge on any atom is 0.390 e. The summed E-state index contributed by atoms with van der Waals surface area (Å²) in [7, 11) is 1.77. The molecule has 0 amide bonds. The van der Waals surface area contributed by atoms with Gasteiger partial charge < -0.3 is 10.2 Å². The van der Waals surface area contributed by atoms with Crippen molar-refractivity contribution < 1.29 is 13.2 Å². The first-order valence-corrected chi connectivity index (χ1v) is 6.39. The second-order valence-corrected chi connectivity index (χ2v) is 5.08. The van der Waals surface area contributed by atoms with Crippen LogP contribution in [0.1, 0.15) is 32.6 Å². The van der Waals surface area contributed by atoms with Gasteiger partial charge in [-0.3, -0.25) is 0 Å². The fourth-order valence-corrected chi connectivity index (χ4v) is 2.39. The van der Waals surface area contributed by atoms with Crippen molar-refractivity contribution in [3.8, 4) is 0 Å². The molecule has 0 radical (unpaired) electrons. The molecule has 0 bridgehead atoms. The minimum absolute atomic E-state index is 0.0957. The fraction of sp³-hybridized carbons (Fsp3) is 1.00. The van der Waals surface area contributed by atoms with Crippen LogP contribution in [0.4, 0.5) is 13.2 Å². The summed E-state index contributed by atoms with van der Waals surface area (Å²) in [6, 6.07) is 0.354. The number of alkyl halides is 3. The smallest absolute Gasteiger partial charge is 0.313 e. The van der Waals surface area contributed by atoms with Crippen LogP contribution in [0.5, 0.6) is 0 Å². The highest BCUT2D eigenvalue weighted by Gasteiger charge is 2.28. The van der Waals surface area contributed by atoms with Crippen LogP contribution in [0, 0.1) is 5.92 Å². The van der Waals surface area contributed by atoms with Crippen LogP contribution in [-0.2, 0) is 0 Å². The summed E-state index contributed by atoms with van der Waals surface area (Å²) in [5.74, 6) is 0.734. The maximum absolute atomic E-state index is 12.1. The lowest BCUT2D eigenvalue weighted by atomic mass is 9.90. The zero-order chi connectivity index (χ0) is 12.9. The highest BCUT2D eigenvalue weighted by Crippen LogP contribution is 2.21. The molecule has 2 nitrogen and oxygen atoms in total. The lowest BCUT2D eigenvalue weighted by Crippen LogP contribution is -2.45. The van der Waals surface area contributed by atoms with Crippen molar-refractivity contribution in [2.75, 3.05) is 26.7 Å². The van der Waals surface area contributed by atoms with Crippen LogP contribution in [0.15, 0.2) is 0 Å². The highest BCUT2D eigenvalue weighted by atomic mass is 19.4. The Kier molecular flexibility index (Phi) is 5.73. The molecule has 0 aromatic rings. The van der Waals surface area contributed by atoms with Crippen molar-refractivity contribution >= 4 is 0 Å². The number of nitrogens with zero attached hydrogens (tertiary/aromatic N) is 1. The third-order valence-corrected chi connectivity index (χ3v) is 3.49. The quantitative estimate of drug-likeness (QED) is 0.809. The van der Waals surface area contributed by atoms with E-state index in [9.17, 15) is 13.2 Å². The van der Waals surface area contributed by atoms with Crippen molar-refractivity contribution in [2.24, 2.45) is 5.92 Å². The summed E-state index contributed by atoms with van der Waals surface area (Å²) in [6.45, 7) is 3.99. The van der Waals surface area contributed by atoms with Crippen molar-refractivity contribution in [2.45, 2.75) is 44.8 Å². The molecule has 102 valence electrons. The van der Waals surface area contributed by atoms with Gasteiger partial charge in [0.25, 0.3) is 0 Å². The Hall–Kier alpha value is -0.290. The van der Waals surface area contributed by atoms with E-state index in [2.05, 4.69) is 12.2 Å². The lowest BCUT2D eigenvalue weighted by molar-refractivity contribution is -0.137. The molecule has 1 rings (SSSR count). The van der Waals surface area contributed by atoms with Crippen LogP contribution in [-0.4, -0.2) is 43.8 Å². The van der Waals surface area contributed by atoms with Crippen molar-refractivity contribution in [1.82, 2.24) is 10.2 Å². The monoisotopic (exact) mass is 252 g/mol. The molecule has 1 aliphatic rings. The van der Waals surface area contributed by atoms with E-state index in [-0.39, 0.29) is 6.54 Å². The first kappa shape index (κ1) is 14.8. The Labute approximate surface area is 102 Å². The largest absolute Gasteiger partial charge is 0.390 e. The minimum Gasteiger partial charge on any atom is -0.313 e. The molecule has 0 saturated carbocycles. The number of likely N-dealkylation sites (N-methyl/N-ethyl adjacent to an activating group) is 1. The van der Waals surface area contributed by atoms with E-state index in [1.165, 1.54) is 12.8 Å². The molecule has 1 N–H and O–H groups in total. The van der Waals surface area contributed by atoms with Gasteiger partial charge in [-0.05, 0) is 32.4 Å². The molecule has 0 aromatic heterocycles. The summed E-state index contributed by atoms with van der Waals surface area (Å²) in [4.78, 5) is 1.78. The van der Waals surface area contributed by atoms with E-state index in [0.717, 1.165) is 18.9 Å². The highest BCUT2D eigenvalue weighted by molar-refractivity contribution is 4.80. The van der Waals surface area contributed by atoms with Crippen LogP contribution < -0.4 is 5.32 Å². The zero-order valence-electron chi connectivity index (χ0n) is 10.7. The predicted octanol–water partition coefficient (Wildman–Crippen LogP) is 2.65. The second kappa shape index (κ2) is 6.59. The minimum atomic E-state index is -4.04. The number of hydrogen-bond donors (Lipinski definition) is 1. The fourth-order valence-electron chi connectivity index (χ4n) is 2.39. The molecule has 17 heavy (non-hydrogen) atoms. The normalized spacial score (nSPS) is 26.5. The SMILES string of the molecule is CCC1CCNC(CN(C)CCC(F)(F)F)C1. The Morgan fingerprint density at radius 1 is 1.35 bits per heavy atom. The molecule has 1 saturated heterocycles. The van der Waals surface area contributed by atoms with Crippen LogP contribution >= 0.6 is 0 Å². The molecule has 1 aliphatic heterocycles. The third kappa shape index (κ3) is 6.27. The second-order valence-electron chi connectivity index (χ2n) is 5.08. The summed E-state index contributed by atoms with van der Waals surface area (Å²) < 4.78 is 36.2. The van der Waals surface area contributed by atoms with E-state index < -0.39 is 12.6 Å². The molecule has 0 aromatic carbocycles. The summed E-state index contributed by atoms with van der Waals surface area (Å²) in [5, 5.41) is 3.39. The average molecular weight is 252 g/mol. The van der Waals surface area contributed by atoms with Gasteiger partial charge in [-0.1, -0.05) is 13.3 Å². The molecule has 5 heteroatoms. The Balaban J connectivity index is 2.23. The van der Waals surface area contributed by atoms with Gasteiger partial charge >= 0.3 is 6.18 Å². The van der Waals surface area contributed by atoms with Crippen LogP contribution in [0.3, 0.4) is 0 Å². The third-order valence-electron chi connectivity index (χ3n) is 3.49. The number of piperidine rings is 1. The van der Waals surface area contributed by atoms with Gasteiger partial charge in [-0.15, -0.1) is 0 Å². The summed E-state index contributed by atoms with van der Waals surface area (Å²) in [5.41, 5.74) is 0. The van der Waals surface area contributed by atoms with Gasteiger partial charge in [0, 0.05) is 19.1 Å². The average Bonchev–Trinajstić information content (AvgIpc) is 2.26. The van der Waals surface area contributed by atoms with Crippen molar-refractivity contribution in [3.63, 3.8) is 0 Å². The zero-order valence-corrected chi connectivity index (χ0v) is 10.7.